The molecule has 0 radical (unpaired) electrons. The maximum Gasteiger partial charge on any atom is 0.133 e. The Bertz CT molecular complexity index is 395. The lowest BCUT2D eigenvalue weighted by atomic mass is 10.0. The van der Waals surface area contributed by atoms with E-state index < -0.39 is 0 Å². The van der Waals surface area contributed by atoms with Gasteiger partial charge in [0, 0.05) is 12.8 Å². The molecule has 0 unspecified atom stereocenters. The summed E-state index contributed by atoms with van der Waals surface area (Å²) in [4.78, 5) is 11.9. The van der Waals surface area contributed by atoms with Gasteiger partial charge in [0.25, 0.3) is 0 Å². The third-order valence-corrected chi connectivity index (χ3v) is 4.08. The molecule has 1 rings (SSSR count). The normalized spacial score (nSPS) is 10.8. The van der Waals surface area contributed by atoms with Crippen molar-refractivity contribution in [1.29, 1.82) is 0 Å². The molecule has 0 bridgehead atoms. The Labute approximate surface area is 131 Å². The van der Waals surface area contributed by atoms with Gasteiger partial charge in [0.2, 0.25) is 0 Å². The van der Waals surface area contributed by atoms with E-state index in [1.54, 1.807) is 0 Å². The average Bonchev–Trinajstić information content (AvgIpc) is 2.48. The van der Waals surface area contributed by atoms with E-state index in [0.717, 1.165) is 19.3 Å². The second kappa shape index (κ2) is 11.5. The first-order valence-corrected chi connectivity index (χ1v) is 8.79. The summed E-state index contributed by atoms with van der Waals surface area (Å²) < 4.78 is 0. The van der Waals surface area contributed by atoms with Crippen molar-refractivity contribution in [2.45, 2.75) is 84.5 Å². The number of unbranched alkanes of at least 4 members (excludes halogenated alkanes) is 7. The van der Waals surface area contributed by atoms with Crippen molar-refractivity contribution in [3.05, 3.63) is 35.4 Å². The van der Waals surface area contributed by atoms with Crippen molar-refractivity contribution in [3.63, 3.8) is 0 Å². The molecule has 0 N–H and O–H groups in total. The van der Waals surface area contributed by atoms with Gasteiger partial charge in [-0.25, -0.2) is 0 Å². The summed E-state index contributed by atoms with van der Waals surface area (Å²) in [7, 11) is 0. The number of hydrogen-bond acceptors (Lipinski definition) is 1. The Morgan fingerprint density at radius 3 is 2.24 bits per heavy atom. The van der Waals surface area contributed by atoms with Crippen molar-refractivity contribution >= 4 is 5.78 Å². The molecule has 0 aliphatic rings. The monoisotopic (exact) mass is 288 g/mol. The Hall–Kier alpha value is -1.11. The van der Waals surface area contributed by atoms with Gasteiger partial charge < -0.3 is 0 Å². The van der Waals surface area contributed by atoms with Gasteiger partial charge in [-0.2, -0.15) is 0 Å². The fourth-order valence-corrected chi connectivity index (χ4v) is 2.73. The first-order valence-electron chi connectivity index (χ1n) is 8.79. The summed E-state index contributed by atoms with van der Waals surface area (Å²) in [5.74, 6) is 0.433. The van der Waals surface area contributed by atoms with Crippen LogP contribution >= 0.6 is 0 Å². The summed E-state index contributed by atoms with van der Waals surface area (Å²) in [6, 6.07) is 8.49. The molecule has 0 aromatic heterocycles. The molecule has 0 heterocycles. The summed E-state index contributed by atoms with van der Waals surface area (Å²) in [6.45, 7) is 4.36. The first-order chi connectivity index (χ1) is 10.2. The Kier molecular flexibility index (Phi) is 9.86. The minimum Gasteiger partial charge on any atom is -0.300 e. The number of aryl methyl sites for hydroxylation is 2. The predicted molar refractivity (Wildman–Crippen MR) is 91.7 cm³/mol. The topological polar surface area (TPSA) is 17.1 Å². The van der Waals surface area contributed by atoms with E-state index >= 15 is 0 Å². The number of carbonyl (C=O) groups is 1. The molecule has 1 heteroatoms. The maximum absolute atomic E-state index is 11.9. The highest BCUT2D eigenvalue weighted by atomic mass is 16.1. The van der Waals surface area contributed by atoms with Crippen molar-refractivity contribution in [2.24, 2.45) is 0 Å². The molecule has 0 aliphatic heterocycles. The third kappa shape index (κ3) is 9.44. The summed E-state index contributed by atoms with van der Waals surface area (Å²) >= 11 is 0. The SMILES string of the molecule is CCCCCCCCCCC(=O)CCc1cccc(C)c1. The zero-order valence-electron chi connectivity index (χ0n) is 14.0. The van der Waals surface area contributed by atoms with Crippen LogP contribution in [0.4, 0.5) is 0 Å². The molecule has 0 saturated carbocycles. The smallest absolute Gasteiger partial charge is 0.133 e. The fourth-order valence-electron chi connectivity index (χ4n) is 2.73. The van der Waals surface area contributed by atoms with E-state index in [-0.39, 0.29) is 0 Å². The number of hydrogen-bond donors (Lipinski definition) is 0. The first kappa shape index (κ1) is 17.9. The second-order valence-electron chi connectivity index (χ2n) is 6.25. The van der Waals surface area contributed by atoms with Crippen molar-refractivity contribution < 1.29 is 4.79 Å². The Morgan fingerprint density at radius 2 is 1.57 bits per heavy atom. The Balaban J connectivity index is 1.99. The van der Waals surface area contributed by atoms with Crippen LogP contribution in [0.5, 0.6) is 0 Å². The molecule has 21 heavy (non-hydrogen) atoms. The molecule has 0 amide bonds. The molecule has 0 atom stereocenters. The van der Waals surface area contributed by atoms with Crippen LogP contribution in [0.15, 0.2) is 24.3 Å². The van der Waals surface area contributed by atoms with Crippen LogP contribution in [0.3, 0.4) is 0 Å². The van der Waals surface area contributed by atoms with Gasteiger partial charge >= 0.3 is 0 Å². The van der Waals surface area contributed by atoms with Crippen LogP contribution in [0, 0.1) is 6.92 Å². The lowest BCUT2D eigenvalue weighted by Gasteiger charge is -2.03. The lowest BCUT2D eigenvalue weighted by Crippen LogP contribution is -2.00. The summed E-state index contributed by atoms with van der Waals surface area (Å²) in [5, 5.41) is 0. The number of carbonyl (C=O) groups excluding carboxylic acids is 1. The van der Waals surface area contributed by atoms with Crippen LogP contribution in [0.2, 0.25) is 0 Å². The molecular weight excluding hydrogens is 256 g/mol. The molecule has 118 valence electrons. The number of Topliss-reactive ketones (excluding diaryl/α,β-unsaturated/α-hetero) is 1. The fraction of sp³-hybridized carbons (Fsp3) is 0.650. The van der Waals surface area contributed by atoms with Gasteiger partial charge in [-0.3, -0.25) is 4.79 Å². The molecule has 0 fully saturated rings. The maximum atomic E-state index is 11.9. The van der Waals surface area contributed by atoms with E-state index in [1.165, 1.54) is 56.1 Å². The van der Waals surface area contributed by atoms with E-state index in [0.29, 0.717) is 12.2 Å². The average molecular weight is 288 g/mol. The minimum atomic E-state index is 0.433. The van der Waals surface area contributed by atoms with E-state index in [1.807, 2.05) is 0 Å². The standard InChI is InChI=1S/C20H32O/c1-3-4-5-6-7-8-9-10-14-20(21)16-15-19-13-11-12-18(2)17-19/h11-13,17H,3-10,14-16H2,1-2H3. The highest BCUT2D eigenvalue weighted by Crippen LogP contribution is 2.12. The zero-order chi connectivity index (χ0) is 15.3. The quantitative estimate of drug-likeness (QED) is 0.429. The summed E-state index contributed by atoms with van der Waals surface area (Å²) in [5.41, 5.74) is 2.57. The molecule has 0 spiro atoms. The highest BCUT2D eigenvalue weighted by Gasteiger charge is 2.03. The van der Waals surface area contributed by atoms with Gasteiger partial charge in [0.05, 0.1) is 0 Å². The lowest BCUT2D eigenvalue weighted by molar-refractivity contribution is -0.119. The number of benzene rings is 1. The van der Waals surface area contributed by atoms with Gasteiger partial charge in [-0.05, 0) is 25.3 Å². The third-order valence-electron chi connectivity index (χ3n) is 4.08. The van der Waals surface area contributed by atoms with Crippen LogP contribution in [-0.4, -0.2) is 5.78 Å². The molecule has 1 nitrogen and oxygen atoms in total. The van der Waals surface area contributed by atoms with Crippen LogP contribution in [0.1, 0.15) is 82.3 Å². The predicted octanol–water partition coefficient (Wildman–Crippen LogP) is 6.03. The van der Waals surface area contributed by atoms with Gasteiger partial charge in [-0.1, -0.05) is 81.7 Å². The zero-order valence-corrected chi connectivity index (χ0v) is 14.0. The van der Waals surface area contributed by atoms with Crippen LogP contribution in [-0.2, 0) is 11.2 Å². The molecule has 0 saturated heterocycles. The number of rotatable bonds is 12. The Morgan fingerprint density at radius 1 is 0.905 bits per heavy atom. The van der Waals surface area contributed by atoms with Crippen LogP contribution in [0.25, 0.3) is 0 Å². The van der Waals surface area contributed by atoms with Crippen LogP contribution < -0.4 is 0 Å². The molecule has 1 aromatic rings. The largest absolute Gasteiger partial charge is 0.300 e. The highest BCUT2D eigenvalue weighted by molar-refractivity contribution is 5.78. The van der Waals surface area contributed by atoms with Gasteiger partial charge in [0.15, 0.2) is 0 Å². The van der Waals surface area contributed by atoms with E-state index in [4.69, 9.17) is 0 Å². The molecule has 1 aromatic carbocycles. The molecule has 0 aliphatic carbocycles. The van der Waals surface area contributed by atoms with Gasteiger partial charge in [-0.15, -0.1) is 0 Å². The van der Waals surface area contributed by atoms with Gasteiger partial charge in [0.1, 0.15) is 5.78 Å². The van der Waals surface area contributed by atoms with Crippen molar-refractivity contribution in [2.75, 3.05) is 0 Å². The summed E-state index contributed by atoms with van der Waals surface area (Å²) in [6.07, 6.45) is 12.8. The van der Waals surface area contributed by atoms with E-state index in [9.17, 15) is 4.79 Å². The van der Waals surface area contributed by atoms with Crippen molar-refractivity contribution in [1.82, 2.24) is 0 Å². The molecular formula is C20H32O. The van der Waals surface area contributed by atoms with E-state index in [2.05, 4.69) is 38.1 Å². The van der Waals surface area contributed by atoms with Crippen molar-refractivity contribution in [3.8, 4) is 0 Å². The second-order valence-corrected chi connectivity index (χ2v) is 6.25. The number of ketones is 1. The minimum absolute atomic E-state index is 0.433.